The SMILES string of the molecule is CCOC(=O)C1CCCN1C(=O)c1ccc(Nc2nc3cc(C(F)(F)F)ccc3nc2-c2ccccc2)cc1. The van der Waals surface area contributed by atoms with E-state index in [1.165, 1.54) is 11.0 Å². The summed E-state index contributed by atoms with van der Waals surface area (Å²) in [6.45, 7) is 2.44. The van der Waals surface area contributed by atoms with Crippen LogP contribution in [0.4, 0.5) is 24.7 Å². The summed E-state index contributed by atoms with van der Waals surface area (Å²) in [6.07, 6.45) is -3.23. The van der Waals surface area contributed by atoms with Crippen LogP contribution in [0.2, 0.25) is 0 Å². The van der Waals surface area contributed by atoms with Crippen LogP contribution in [0.15, 0.2) is 72.8 Å². The van der Waals surface area contributed by atoms with E-state index in [2.05, 4.69) is 15.3 Å². The summed E-state index contributed by atoms with van der Waals surface area (Å²) in [5.74, 6) is -0.403. The average molecular weight is 535 g/mol. The number of halogens is 3. The summed E-state index contributed by atoms with van der Waals surface area (Å²) >= 11 is 0. The van der Waals surface area contributed by atoms with Gasteiger partial charge in [-0.15, -0.1) is 0 Å². The maximum Gasteiger partial charge on any atom is 0.416 e. The third kappa shape index (κ3) is 5.55. The van der Waals surface area contributed by atoms with E-state index in [1.54, 1.807) is 31.2 Å². The van der Waals surface area contributed by atoms with Gasteiger partial charge in [-0.2, -0.15) is 13.2 Å². The molecule has 10 heteroatoms. The summed E-state index contributed by atoms with van der Waals surface area (Å²) in [5.41, 5.74) is 1.78. The largest absolute Gasteiger partial charge is 0.464 e. The molecule has 1 saturated heterocycles. The van der Waals surface area contributed by atoms with E-state index in [9.17, 15) is 22.8 Å². The molecule has 1 aliphatic heterocycles. The highest BCUT2D eigenvalue weighted by Crippen LogP contribution is 2.34. The maximum absolute atomic E-state index is 13.3. The van der Waals surface area contributed by atoms with Gasteiger partial charge in [0.1, 0.15) is 11.7 Å². The number of rotatable bonds is 6. The topological polar surface area (TPSA) is 84.4 Å². The van der Waals surface area contributed by atoms with Crippen LogP contribution in [-0.2, 0) is 15.7 Å². The number of carbonyl (C=O) groups is 2. The summed E-state index contributed by atoms with van der Waals surface area (Å²) in [6, 6.07) is 18.5. The minimum Gasteiger partial charge on any atom is -0.464 e. The van der Waals surface area contributed by atoms with Crippen LogP contribution in [0.25, 0.3) is 22.3 Å². The number of likely N-dealkylation sites (tertiary alicyclic amines) is 1. The lowest BCUT2D eigenvalue weighted by Crippen LogP contribution is -2.41. The molecule has 0 radical (unpaired) electrons. The number of esters is 1. The zero-order valence-electron chi connectivity index (χ0n) is 21.0. The number of nitrogens with one attached hydrogen (secondary N) is 1. The molecule has 2 heterocycles. The molecule has 0 saturated carbocycles. The van der Waals surface area contributed by atoms with Crippen molar-refractivity contribution in [3.05, 3.63) is 83.9 Å². The molecule has 0 bridgehead atoms. The van der Waals surface area contributed by atoms with Gasteiger partial charge in [-0.3, -0.25) is 4.79 Å². The molecule has 1 aromatic heterocycles. The van der Waals surface area contributed by atoms with E-state index in [-0.39, 0.29) is 23.8 Å². The number of ether oxygens (including phenoxy) is 1. The first kappa shape index (κ1) is 26.1. The van der Waals surface area contributed by atoms with Gasteiger partial charge in [-0.05, 0) is 62.2 Å². The second-order valence-electron chi connectivity index (χ2n) is 9.10. The molecule has 200 valence electrons. The van der Waals surface area contributed by atoms with E-state index in [1.807, 2.05) is 30.3 Å². The fourth-order valence-corrected chi connectivity index (χ4v) is 4.61. The van der Waals surface area contributed by atoms with E-state index < -0.39 is 23.8 Å². The first-order valence-electron chi connectivity index (χ1n) is 12.5. The molecular formula is C29H25F3N4O3. The van der Waals surface area contributed by atoms with E-state index in [0.29, 0.717) is 41.8 Å². The summed E-state index contributed by atoms with van der Waals surface area (Å²) < 4.78 is 45.0. The van der Waals surface area contributed by atoms with Gasteiger partial charge in [0.25, 0.3) is 5.91 Å². The van der Waals surface area contributed by atoms with Gasteiger partial charge < -0.3 is 15.0 Å². The van der Waals surface area contributed by atoms with E-state index in [0.717, 1.165) is 17.7 Å². The van der Waals surface area contributed by atoms with Crippen LogP contribution in [0.1, 0.15) is 35.7 Å². The standard InChI is InChI=1S/C29H25F3N4O3/c1-2-39-28(38)24-9-6-16-36(24)27(37)19-10-13-21(14-11-19)33-26-25(18-7-4-3-5-8-18)34-22-15-12-20(29(30,31)32)17-23(22)35-26/h3-5,7-8,10-15,17,24H,2,6,9,16H2,1H3,(H,33,35). The molecule has 1 unspecified atom stereocenters. The number of hydrogen-bond acceptors (Lipinski definition) is 6. The summed E-state index contributed by atoms with van der Waals surface area (Å²) in [5, 5.41) is 3.15. The smallest absolute Gasteiger partial charge is 0.416 e. The molecule has 1 amide bonds. The van der Waals surface area contributed by atoms with E-state index >= 15 is 0 Å². The monoisotopic (exact) mass is 534 g/mol. The Balaban J connectivity index is 1.45. The second kappa shape index (κ2) is 10.7. The summed E-state index contributed by atoms with van der Waals surface area (Å²) in [4.78, 5) is 36.0. The van der Waals surface area contributed by atoms with Crippen molar-refractivity contribution in [1.82, 2.24) is 14.9 Å². The van der Waals surface area contributed by atoms with Crippen LogP contribution in [0.3, 0.4) is 0 Å². The number of benzene rings is 3. The number of carbonyl (C=O) groups excluding carboxylic acids is 2. The van der Waals surface area contributed by atoms with Crippen molar-refractivity contribution in [2.45, 2.75) is 32.0 Å². The molecule has 5 rings (SSSR count). The molecule has 1 N–H and O–H groups in total. The Hall–Kier alpha value is -4.47. The van der Waals surface area contributed by atoms with Gasteiger partial charge in [0.05, 0.1) is 23.2 Å². The lowest BCUT2D eigenvalue weighted by atomic mass is 10.1. The fourth-order valence-electron chi connectivity index (χ4n) is 4.61. The van der Waals surface area contributed by atoms with Crippen molar-refractivity contribution in [3.63, 3.8) is 0 Å². The zero-order chi connectivity index (χ0) is 27.6. The summed E-state index contributed by atoms with van der Waals surface area (Å²) in [7, 11) is 0. The fraction of sp³-hybridized carbons (Fsp3) is 0.241. The lowest BCUT2D eigenvalue weighted by molar-refractivity contribution is -0.147. The molecule has 0 aliphatic carbocycles. The van der Waals surface area contributed by atoms with Crippen LogP contribution >= 0.6 is 0 Å². The number of fused-ring (bicyclic) bond motifs is 1. The number of amides is 1. The van der Waals surface area contributed by atoms with Crippen molar-refractivity contribution in [1.29, 1.82) is 0 Å². The highest BCUT2D eigenvalue weighted by Gasteiger charge is 2.35. The molecule has 39 heavy (non-hydrogen) atoms. The first-order chi connectivity index (χ1) is 18.7. The van der Waals surface area contributed by atoms with Gasteiger partial charge in [-0.25, -0.2) is 14.8 Å². The number of alkyl halides is 3. The van der Waals surface area contributed by atoms with Gasteiger partial charge in [-0.1, -0.05) is 30.3 Å². The Bertz CT molecular complexity index is 1510. The van der Waals surface area contributed by atoms with Crippen molar-refractivity contribution in [2.75, 3.05) is 18.5 Å². The van der Waals surface area contributed by atoms with Crippen molar-refractivity contribution in [3.8, 4) is 11.3 Å². The third-order valence-corrected chi connectivity index (χ3v) is 6.51. The predicted molar refractivity (Wildman–Crippen MR) is 140 cm³/mol. The number of anilines is 2. The molecular weight excluding hydrogens is 509 g/mol. The highest BCUT2D eigenvalue weighted by molar-refractivity contribution is 5.97. The van der Waals surface area contributed by atoms with Crippen molar-refractivity contribution in [2.24, 2.45) is 0 Å². The quantitative estimate of drug-likeness (QED) is 0.296. The number of hydrogen-bond donors (Lipinski definition) is 1. The number of aromatic nitrogens is 2. The van der Waals surface area contributed by atoms with Gasteiger partial charge in [0.2, 0.25) is 0 Å². The van der Waals surface area contributed by atoms with Crippen LogP contribution in [0.5, 0.6) is 0 Å². The molecule has 4 aromatic rings. The van der Waals surface area contributed by atoms with Crippen molar-refractivity contribution < 1.29 is 27.5 Å². The molecule has 7 nitrogen and oxygen atoms in total. The van der Waals surface area contributed by atoms with Gasteiger partial charge in [0, 0.05) is 23.4 Å². The Kier molecular flexibility index (Phi) is 7.19. The average Bonchev–Trinajstić information content (AvgIpc) is 3.43. The Morgan fingerprint density at radius 1 is 1.00 bits per heavy atom. The zero-order valence-corrected chi connectivity index (χ0v) is 21.0. The maximum atomic E-state index is 13.3. The Morgan fingerprint density at radius 2 is 1.74 bits per heavy atom. The Morgan fingerprint density at radius 3 is 2.44 bits per heavy atom. The molecule has 1 aliphatic rings. The molecule has 3 aromatic carbocycles. The van der Waals surface area contributed by atoms with E-state index in [4.69, 9.17) is 4.74 Å². The Labute approximate surface area is 222 Å². The lowest BCUT2D eigenvalue weighted by Gasteiger charge is -2.23. The molecule has 1 fully saturated rings. The highest BCUT2D eigenvalue weighted by atomic mass is 19.4. The molecule has 0 spiro atoms. The van der Waals surface area contributed by atoms with Gasteiger partial charge >= 0.3 is 12.1 Å². The predicted octanol–water partition coefficient (Wildman–Crippen LogP) is 6.23. The number of nitrogens with zero attached hydrogens (tertiary/aromatic N) is 3. The minimum absolute atomic E-state index is 0.0952. The van der Waals surface area contributed by atoms with Crippen LogP contribution in [0, 0.1) is 0 Å². The minimum atomic E-state index is -4.51. The van der Waals surface area contributed by atoms with Crippen molar-refractivity contribution >= 4 is 34.4 Å². The molecule has 1 atom stereocenters. The first-order valence-corrected chi connectivity index (χ1v) is 12.5. The van der Waals surface area contributed by atoms with Gasteiger partial charge in [0.15, 0.2) is 5.82 Å². The third-order valence-electron chi connectivity index (χ3n) is 6.51. The van der Waals surface area contributed by atoms with Crippen LogP contribution < -0.4 is 5.32 Å². The normalized spacial score (nSPS) is 15.4. The van der Waals surface area contributed by atoms with Crippen LogP contribution in [-0.4, -0.2) is 45.9 Å². The second-order valence-corrected chi connectivity index (χ2v) is 9.10.